The molecule has 0 saturated carbocycles. The van der Waals surface area contributed by atoms with Gasteiger partial charge in [-0.25, -0.2) is 0 Å². The molecular formula is C11H14BrNO. The molecule has 0 radical (unpaired) electrons. The van der Waals surface area contributed by atoms with Crippen LogP contribution < -0.4 is 10.1 Å². The zero-order valence-corrected chi connectivity index (χ0v) is 9.80. The third-order valence-electron chi connectivity index (χ3n) is 2.60. The molecule has 0 bridgehead atoms. The Labute approximate surface area is 92.8 Å². The number of halogens is 1. The molecule has 1 heterocycles. The zero-order valence-electron chi connectivity index (χ0n) is 8.22. The second-order valence-corrected chi connectivity index (χ2v) is 4.34. The predicted molar refractivity (Wildman–Crippen MR) is 60.7 cm³/mol. The SMILES string of the molecule is CNC1CCCOc2c(Br)cccc21. The van der Waals surface area contributed by atoms with Gasteiger partial charge in [0.05, 0.1) is 11.1 Å². The molecule has 76 valence electrons. The molecule has 1 aliphatic rings. The molecule has 3 heteroatoms. The van der Waals surface area contributed by atoms with Crippen LogP contribution >= 0.6 is 15.9 Å². The molecule has 0 amide bonds. The highest BCUT2D eigenvalue weighted by Crippen LogP contribution is 2.36. The van der Waals surface area contributed by atoms with E-state index in [0.29, 0.717) is 6.04 Å². The van der Waals surface area contributed by atoms with E-state index in [4.69, 9.17) is 4.74 Å². The van der Waals surface area contributed by atoms with Crippen molar-refractivity contribution < 1.29 is 4.74 Å². The van der Waals surface area contributed by atoms with E-state index < -0.39 is 0 Å². The van der Waals surface area contributed by atoms with Crippen molar-refractivity contribution in [2.45, 2.75) is 18.9 Å². The highest BCUT2D eigenvalue weighted by molar-refractivity contribution is 9.10. The Morgan fingerprint density at radius 2 is 2.36 bits per heavy atom. The average Bonchev–Trinajstić information content (AvgIpc) is 2.40. The molecule has 1 N–H and O–H groups in total. The summed E-state index contributed by atoms with van der Waals surface area (Å²) in [6.07, 6.45) is 2.24. The predicted octanol–water partition coefficient (Wildman–Crippen LogP) is 2.88. The Morgan fingerprint density at radius 1 is 1.50 bits per heavy atom. The minimum absolute atomic E-state index is 0.421. The minimum atomic E-state index is 0.421. The van der Waals surface area contributed by atoms with Crippen LogP contribution in [0.3, 0.4) is 0 Å². The van der Waals surface area contributed by atoms with Gasteiger partial charge in [-0.1, -0.05) is 12.1 Å². The van der Waals surface area contributed by atoms with Gasteiger partial charge < -0.3 is 10.1 Å². The van der Waals surface area contributed by atoms with Gasteiger partial charge in [0.2, 0.25) is 0 Å². The van der Waals surface area contributed by atoms with Gasteiger partial charge in [0, 0.05) is 11.6 Å². The summed E-state index contributed by atoms with van der Waals surface area (Å²) in [4.78, 5) is 0. The number of benzene rings is 1. The van der Waals surface area contributed by atoms with Gasteiger partial charge in [0.1, 0.15) is 5.75 Å². The van der Waals surface area contributed by atoms with Crippen LogP contribution in [0.4, 0.5) is 0 Å². The Bertz CT molecular complexity index is 327. The van der Waals surface area contributed by atoms with Crippen LogP contribution in [-0.2, 0) is 0 Å². The van der Waals surface area contributed by atoms with Crippen LogP contribution in [0.15, 0.2) is 22.7 Å². The largest absolute Gasteiger partial charge is 0.492 e. The Hall–Kier alpha value is -0.540. The Kier molecular flexibility index (Phi) is 3.08. The molecule has 0 aliphatic carbocycles. The van der Waals surface area contributed by atoms with Crippen molar-refractivity contribution in [1.82, 2.24) is 5.32 Å². The molecule has 1 unspecified atom stereocenters. The Balaban J connectivity index is 2.44. The van der Waals surface area contributed by atoms with E-state index in [1.54, 1.807) is 0 Å². The molecule has 1 aromatic carbocycles. The van der Waals surface area contributed by atoms with Crippen molar-refractivity contribution in [3.63, 3.8) is 0 Å². The van der Waals surface area contributed by atoms with Crippen LogP contribution in [-0.4, -0.2) is 13.7 Å². The maximum Gasteiger partial charge on any atom is 0.138 e. The second-order valence-electron chi connectivity index (χ2n) is 3.49. The number of ether oxygens (including phenoxy) is 1. The fourth-order valence-electron chi connectivity index (χ4n) is 1.87. The number of para-hydroxylation sites is 1. The van der Waals surface area contributed by atoms with Crippen molar-refractivity contribution in [2.75, 3.05) is 13.7 Å². The molecule has 2 rings (SSSR count). The molecule has 2 nitrogen and oxygen atoms in total. The summed E-state index contributed by atoms with van der Waals surface area (Å²) in [5.41, 5.74) is 1.26. The van der Waals surface area contributed by atoms with Crippen LogP contribution in [0.5, 0.6) is 5.75 Å². The first-order valence-electron chi connectivity index (χ1n) is 4.91. The molecule has 1 aliphatic heterocycles. The maximum atomic E-state index is 5.72. The topological polar surface area (TPSA) is 21.3 Å². The van der Waals surface area contributed by atoms with E-state index in [2.05, 4.69) is 33.4 Å². The lowest BCUT2D eigenvalue weighted by molar-refractivity contribution is 0.313. The number of rotatable bonds is 1. The fourth-order valence-corrected chi connectivity index (χ4v) is 2.37. The van der Waals surface area contributed by atoms with E-state index in [-0.39, 0.29) is 0 Å². The first-order valence-corrected chi connectivity index (χ1v) is 5.70. The maximum absolute atomic E-state index is 5.72. The summed E-state index contributed by atoms with van der Waals surface area (Å²) < 4.78 is 6.78. The van der Waals surface area contributed by atoms with Crippen LogP contribution in [0.1, 0.15) is 24.4 Å². The van der Waals surface area contributed by atoms with Crippen molar-refractivity contribution in [3.8, 4) is 5.75 Å². The third-order valence-corrected chi connectivity index (χ3v) is 3.23. The molecule has 0 saturated heterocycles. The average molecular weight is 256 g/mol. The van der Waals surface area contributed by atoms with E-state index >= 15 is 0 Å². The third kappa shape index (κ3) is 1.79. The Morgan fingerprint density at radius 3 is 3.14 bits per heavy atom. The fraction of sp³-hybridized carbons (Fsp3) is 0.455. The van der Waals surface area contributed by atoms with Gasteiger partial charge in [-0.2, -0.15) is 0 Å². The molecular weight excluding hydrogens is 242 g/mol. The number of nitrogens with one attached hydrogen (secondary N) is 1. The number of hydrogen-bond donors (Lipinski definition) is 1. The molecule has 0 spiro atoms. The first-order chi connectivity index (χ1) is 6.83. The monoisotopic (exact) mass is 255 g/mol. The number of fused-ring (bicyclic) bond motifs is 1. The van der Waals surface area contributed by atoms with Gasteiger partial charge >= 0.3 is 0 Å². The first kappa shape index (κ1) is 9.99. The minimum Gasteiger partial charge on any atom is -0.492 e. The summed E-state index contributed by atoms with van der Waals surface area (Å²) in [5, 5.41) is 3.33. The molecule has 1 atom stereocenters. The van der Waals surface area contributed by atoms with E-state index in [1.165, 1.54) is 5.56 Å². The summed E-state index contributed by atoms with van der Waals surface area (Å²) in [5.74, 6) is 1.00. The van der Waals surface area contributed by atoms with Gasteiger partial charge in [0.15, 0.2) is 0 Å². The van der Waals surface area contributed by atoms with Gasteiger partial charge in [0.25, 0.3) is 0 Å². The van der Waals surface area contributed by atoms with Crippen molar-refractivity contribution >= 4 is 15.9 Å². The zero-order chi connectivity index (χ0) is 9.97. The standard InChI is InChI=1S/C11H14BrNO/c1-13-10-6-3-7-14-11-8(10)4-2-5-9(11)12/h2,4-5,10,13H,3,6-7H2,1H3. The molecule has 0 fully saturated rings. The molecule has 0 aromatic heterocycles. The quantitative estimate of drug-likeness (QED) is 0.834. The highest BCUT2D eigenvalue weighted by atomic mass is 79.9. The number of hydrogen-bond acceptors (Lipinski definition) is 2. The summed E-state index contributed by atoms with van der Waals surface area (Å²) in [6, 6.07) is 6.63. The lowest BCUT2D eigenvalue weighted by Crippen LogP contribution is -2.15. The van der Waals surface area contributed by atoms with Gasteiger partial charge in [-0.15, -0.1) is 0 Å². The van der Waals surface area contributed by atoms with Crippen LogP contribution in [0.25, 0.3) is 0 Å². The van der Waals surface area contributed by atoms with Crippen LogP contribution in [0.2, 0.25) is 0 Å². The van der Waals surface area contributed by atoms with Gasteiger partial charge in [-0.05, 0) is 41.9 Å². The lowest BCUT2D eigenvalue weighted by atomic mass is 10.0. The lowest BCUT2D eigenvalue weighted by Gasteiger charge is -2.16. The van der Waals surface area contributed by atoms with Crippen molar-refractivity contribution in [1.29, 1.82) is 0 Å². The second kappa shape index (κ2) is 4.32. The molecule has 14 heavy (non-hydrogen) atoms. The van der Waals surface area contributed by atoms with Crippen molar-refractivity contribution in [3.05, 3.63) is 28.2 Å². The van der Waals surface area contributed by atoms with Crippen LogP contribution in [0, 0.1) is 0 Å². The summed E-state index contributed by atoms with van der Waals surface area (Å²) in [6.45, 7) is 0.813. The van der Waals surface area contributed by atoms with Gasteiger partial charge in [-0.3, -0.25) is 0 Å². The van der Waals surface area contributed by atoms with E-state index in [9.17, 15) is 0 Å². The highest BCUT2D eigenvalue weighted by Gasteiger charge is 2.19. The summed E-state index contributed by atoms with van der Waals surface area (Å²) >= 11 is 3.52. The molecule has 1 aromatic rings. The summed E-state index contributed by atoms with van der Waals surface area (Å²) in [7, 11) is 2.00. The normalized spacial score (nSPS) is 20.9. The van der Waals surface area contributed by atoms with E-state index in [0.717, 1.165) is 29.7 Å². The van der Waals surface area contributed by atoms with E-state index in [1.807, 2.05) is 13.1 Å². The smallest absolute Gasteiger partial charge is 0.138 e. The van der Waals surface area contributed by atoms with Crippen molar-refractivity contribution in [2.24, 2.45) is 0 Å².